The molecular formula is C17H18N2O. The maximum Gasteiger partial charge on any atom is 0.261 e. The highest BCUT2D eigenvalue weighted by molar-refractivity contribution is 6.04. The summed E-state index contributed by atoms with van der Waals surface area (Å²) < 4.78 is 0. The van der Waals surface area contributed by atoms with Gasteiger partial charge in [-0.3, -0.25) is 9.69 Å². The first-order valence-corrected chi connectivity index (χ1v) is 6.81. The molecule has 3 nitrogen and oxygen atoms in total. The Balaban J connectivity index is 2.35. The van der Waals surface area contributed by atoms with Gasteiger partial charge in [0.25, 0.3) is 5.91 Å². The van der Waals surface area contributed by atoms with Crippen molar-refractivity contribution in [3.05, 3.63) is 65.0 Å². The summed E-state index contributed by atoms with van der Waals surface area (Å²) in [5.74, 6) is -0.0531. The normalized spacial score (nSPS) is 23.9. The third kappa shape index (κ3) is 1.32. The van der Waals surface area contributed by atoms with Crippen LogP contribution in [0.5, 0.6) is 0 Å². The van der Waals surface area contributed by atoms with Crippen molar-refractivity contribution in [1.29, 1.82) is 0 Å². The smallest absolute Gasteiger partial charge is 0.261 e. The van der Waals surface area contributed by atoms with E-state index in [0.717, 1.165) is 23.1 Å². The predicted molar refractivity (Wildman–Crippen MR) is 80.3 cm³/mol. The first kappa shape index (κ1) is 12.7. The van der Waals surface area contributed by atoms with E-state index in [9.17, 15) is 4.79 Å². The third-order valence-electron chi connectivity index (χ3n) is 4.31. The number of rotatable bonds is 2. The molecule has 0 spiro atoms. The van der Waals surface area contributed by atoms with Gasteiger partial charge in [0.05, 0.1) is 11.3 Å². The largest absolute Gasteiger partial charge is 0.399 e. The van der Waals surface area contributed by atoms with Gasteiger partial charge in [-0.2, -0.15) is 0 Å². The van der Waals surface area contributed by atoms with Crippen LogP contribution in [0.25, 0.3) is 6.08 Å². The highest BCUT2D eigenvalue weighted by Crippen LogP contribution is 2.48. The molecule has 1 aromatic carbocycles. The number of carbonyl (C=O) groups excluding carboxylic acids is 1. The van der Waals surface area contributed by atoms with Gasteiger partial charge in [-0.25, -0.2) is 0 Å². The first-order valence-electron chi connectivity index (χ1n) is 6.81. The molecule has 0 radical (unpaired) electrons. The van der Waals surface area contributed by atoms with Crippen molar-refractivity contribution in [2.45, 2.75) is 25.8 Å². The molecule has 3 heteroatoms. The van der Waals surface area contributed by atoms with Gasteiger partial charge in [0.15, 0.2) is 0 Å². The topological polar surface area (TPSA) is 46.3 Å². The van der Waals surface area contributed by atoms with Crippen molar-refractivity contribution in [3.8, 4) is 0 Å². The van der Waals surface area contributed by atoms with E-state index in [1.54, 1.807) is 4.90 Å². The molecule has 0 aliphatic carbocycles. The molecule has 0 saturated carbocycles. The van der Waals surface area contributed by atoms with Gasteiger partial charge < -0.3 is 5.73 Å². The van der Waals surface area contributed by atoms with Gasteiger partial charge in [-0.1, -0.05) is 37.8 Å². The second-order valence-corrected chi connectivity index (χ2v) is 5.36. The van der Waals surface area contributed by atoms with Crippen LogP contribution < -0.4 is 5.73 Å². The molecule has 0 bridgehead atoms. The summed E-state index contributed by atoms with van der Waals surface area (Å²) in [5, 5.41) is 0. The van der Waals surface area contributed by atoms with E-state index in [0.29, 0.717) is 11.3 Å². The van der Waals surface area contributed by atoms with Crippen LogP contribution >= 0.6 is 0 Å². The van der Waals surface area contributed by atoms with E-state index in [1.165, 1.54) is 0 Å². The van der Waals surface area contributed by atoms with Crippen LogP contribution in [0, 0.1) is 0 Å². The molecule has 1 aromatic rings. The molecular weight excluding hydrogens is 248 g/mol. The maximum absolute atomic E-state index is 12.6. The minimum absolute atomic E-state index is 0.0531. The Morgan fingerprint density at radius 2 is 2.10 bits per heavy atom. The zero-order valence-corrected chi connectivity index (χ0v) is 11.8. The molecule has 0 aromatic heterocycles. The van der Waals surface area contributed by atoms with E-state index in [2.05, 4.69) is 25.6 Å². The molecule has 1 unspecified atom stereocenters. The Morgan fingerprint density at radius 3 is 2.75 bits per heavy atom. The molecule has 102 valence electrons. The van der Waals surface area contributed by atoms with E-state index < -0.39 is 5.54 Å². The predicted octanol–water partition coefficient (Wildman–Crippen LogP) is 2.91. The molecule has 1 atom stereocenters. The summed E-state index contributed by atoms with van der Waals surface area (Å²) in [4.78, 5) is 14.4. The fourth-order valence-electron chi connectivity index (χ4n) is 3.35. The lowest BCUT2D eigenvalue weighted by atomic mass is 9.79. The summed E-state index contributed by atoms with van der Waals surface area (Å²) in [7, 11) is 0. The van der Waals surface area contributed by atoms with Crippen LogP contribution in [-0.2, 0) is 10.3 Å². The standard InChI is InChI=1S/C17H18N2O/c1-4-17-13-8-6-5-7-12(13)9-10-19(17)16(20)14(11(2)3)15(17)18/h5-10H,2,4,18H2,1,3H3. The van der Waals surface area contributed by atoms with Crippen molar-refractivity contribution in [2.24, 2.45) is 5.73 Å². The van der Waals surface area contributed by atoms with Crippen LogP contribution in [0.15, 0.2) is 53.9 Å². The number of benzene rings is 1. The van der Waals surface area contributed by atoms with Crippen molar-refractivity contribution in [3.63, 3.8) is 0 Å². The van der Waals surface area contributed by atoms with Crippen LogP contribution in [0.2, 0.25) is 0 Å². The fraction of sp³-hybridized carbons (Fsp3) is 0.235. The van der Waals surface area contributed by atoms with Gasteiger partial charge in [-0.15, -0.1) is 0 Å². The lowest BCUT2D eigenvalue weighted by Crippen LogP contribution is -2.45. The van der Waals surface area contributed by atoms with E-state index >= 15 is 0 Å². The summed E-state index contributed by atoms with van der Waals surface area (Å²) in [5.41, 5.74) is 9.96. The summed E-state index contributed by atoms with van der Waals surface area (Å²) in [6, 6.07) is 8.09. The van der Waals surface area contributed by atoms with Gasteiger partial charge in [-0.05, 0) is 36.1 Å². The van der Waals surface area contributed by atoms with Gasteiger partial charge in [0.2, 0.25) is 0 Å². The van der Waals surface area contributed by atoms with Crippen LogP contribution in [0.4, 0.5) is 0 Å². The molecule has 2 aliphatic rings. The van der Waals surface area contributed by atoms with E-state index in [1.807, 2.05) is 31.3 Å². The molecule has 2 aliphatic heterocycles. The van der Waals surface area contributed by atoms with Crippen molar-refractivity contribution >= 4 is 12.0 Å². The third-order valence-corrected chi connectivity index (χ3v) is 4.31. The molecule has 2 heterocycles. The summed E-state index contributed by atoms with van der Waals surface area (Å²) in [6.45, 7) is 7.80. The number of fused-ring (bicyclic) bond motifs is 3. The molecule has 20 heavy (non-hydrogen) atoms. The van der Waals surface area contributed by atoms with E-state index in [4.69, 9.17) is 5.73 Å². The molecule has 1 amide bonds. The average molecular weight is 266 g/mol. The lowest BCUT2D eigenvalue weighted by Gasteiger charge is -2.41. The van der Waals surface area contributed by atoms with E-state index in [-0.39, 0.29) is 5.91 Å². The molecule has 0 saturated heterocycles. The van der Waals surface area contributed by atoms with Crippen LogP contribution in [0.3, 0.4) is 0 Å². The van der Waals surface area contributed by atoms with Crippen LogP contribution in [0.1, 0.15) is 31.4 Å². The highest BCUT2D eigenvalue weighted by Gasteiger charge is 2.51. The fourth-order valence-corrected chi connectivity index (χ4v) is 3.35. The van der Waals surface area contributed by atoms with Gasteiger partial charge in [0.1, 0.15) is 5.54 Å². The molecule has 2 N–H and O–H groups in total. The second kappa shape index (κ2) is 4.10. The van der Waals surface area contributed by atoms with Crippen molar-refractivity contribution < 1.29 is 4.79 Å². The Bertz CT molecular complexity index is 684. The Kier molecular flexibility index (Phi) is 2.61. The number of nitrogens with zero attached hydrogens (tertiary/aromatic N) is 1. The number of amides is 1. The maximum atomic E-state index is 12.6. The van der Waals surface area contributed by atoms with Gasteiger partial charge in [0, 0.05) is 6.20 Å². The minimum Gasteiger partial charge on any atom is -0.399 e. The summed E-state index contributed by atoms with van der Waals surface area (Å²) >= 11 is 0. The van der Waals surface area contributed by atoms with Crippen molar-refractivity contribution in [1.82, 2.24) is 4.90 Å². The monoisotopic (exact) mass is 266 g/mol. The van der Waals surface area contributed by atoms with Crippen LogP contribution in [-0.4, -0.2) is 10.8 Å². The minimum atomic E-state index is -0.559. The Labute approximate surface area is 119 Å². The number of nitrogens with two attached hydrogens (primary N) is 1. The average Bonchev–Trinajstić information content (AvgIpc) is 2.67. The molecule has 3 rings (SSSR count). The Hall–Kier alpha value is -2.29. The lowest BCUT2D eigenvalue weighted by molar-refractivity contribution is -0.126. The SMILES string of the molecule is C=C(C)C1=C(N)C2(CC)c3ccccc3C=CN2C1=O. The van der Waals surface area contributed by atoms with Gasteiger partial charge >= 0.3 is 0 Å². The number of hydrogen-bond acceptors (Lipinski definition) is 2. The quantitative estimate of drug-likeness (QED) is 0.894. The van der Waals surface area contributed by atoms with Crippen molar-refractivity contribution in [2.75, 3.05) is 0 Å². The zero-order valence-electron chi connectivity index (χ0n) is 11.8. The molecule has 0 fully saturated rings. The highest BCUT2D eigenvalue weighted by atomic mass is 16.2. The zero-order chi connectivity index (χ0) is 14.5. The first-order chi connectivity index (χ1) is 9.54. The summed E-state index contributed by atoms with van der Waals surface area (Å²) in [6.07, 6.45) is 4.55. The second-order valence-electron chi connectivity index (χ2n) is 5.36. The number of hydrogen-bond donors (Lipinski definition) is 1. The number of carbonyl (C=O) groups is 1. The Morgan fingerprint density at radius 1 is 1.40 bits per heavy atom.